The molecule has 5 rings (SSSR count). The minimum Gasteiger partial charge on any atom is -0.350 e. The highest BCUT2D eigenvalue weighted by Crippen LogP contribution is 2.43. The fraction of sp³-hybridized carbons (Fsp3) is 0.179. The van der Waals surface area contributed by atoms with Crippen molar-refractivity contribution >= 4 is 45.9 Å². The van der Waals surface area contributed by atoms with Crippen molar-refractivity contribution in [3.8, 4) is 0 Å². The van der Waals surface area contributed by atoms with Crippen LogP contribution in [0.5, 0.6) is 0 Å². The number of nitrogens with one attached hydrogen (secondary N) is 1. The number of aryl methyl sites for hydroxylation is 1. The highest BCUT2D eigenvalue weighted by molar-refractivity contribution is 8.00. The Morgan fingerprint density at radius 1 is 1.06 bits per heavy atom. The number of amides is 2. The molecular weight excluding hydrogens is 477 g/mol. The van der Waals surface area contributed by atoms with Gasteiger partial charge < -0.3 is 9.88 Å². The Hall–Kier alpha value is -3.91. The summed E-state index contributed by atoms with van der Waals surface area (Å²) < 4.78 is 15.4. The Kier molecular flexibility index (Phi) is 6.36. The number of nitrogens with zero attached hydrogens (tertiary/aromatic N) is 2. The van der Waals surface area contributed by atoms with Crippen LogP contribution >= 0.6 is 11.8 Å². The molecule has 182 valence electrons. The number of Topliss-reactive ketones (excluding diaryl/α,β-unsaturated/α-hetero) is 1. The van der Waals surface area contributed by atoms with Crippen LogP contribution < -0.4 is 10.2 Å². The van der Waals surface area contributed by atoms with Gasteiger partial charge in [0.05, 0.1) is 10.8 Å². The highest BCUT2D eigenvalue weighted by atomic mass is 32.2. The van der Waals surface area contributed by atoms with Crippen LogP contribution in [0.25, 0.3) is 10.9 Å². The first-order chi connectivity index (χ1) is 17.3. The van der Waals surface area contributed by atoms with Crippen molar-refractivity contribution in [2.24, 2.45) is 7.05 Å². The number of benzene rings is 3. The van der Waals surface area contributed by atoms with Gasteiger partial charge in [-0.05, 0) is 42.8 Å². The molecule has 0 fully saturated rings. The van der Waals surface area contributed by atoms with E-state index in [0.29, 0.717) is 11.3 Å². The number of thioether (sulfide) groups is 1. The minimum atomic E-state index is -0.962. The summed E-state index contributed by atoms with van der Waals surface area (Å²) in [7, 11) is 1.93. The summed E-state index contributed by atoms with van der Waals surface area (Å²) in [4.78, 5) is 41.0. The van der Waals surface area contributed by atoms with Crippen LogP contribution in [0.4, 0.5) is 10.1 Å². The number of ketones is 1. The Morgan fingerprint density at radius 3 is 2.56 bits per heavy atom. The van der Waals surface area contributed by atoms with Gasteiger partial charge in [0.15, 0.2) is 5.78 Å². The number of aromatic nitrogens is 1. The van der Waals surface area contributed by atoms with Gasteiger partial charge in [-0.1, -0.05) is 54.2 Å². The van der Waals surface area contributed by atoms with E-state index in [4.69, 9.17) is 0 Å². The summed E-state index contributed by atoms with van der Waals surface area (Å²) in [5.74, 6) is -0.933. The molecule has 2 heterocycles. The summed E-state index contributed by atoms with van der Waals surface area (Å²) in [6.07, 6.45) is 0. The van der Waals surface area contributed by atoms with Crippen LogP contribution in [0, 0.1) is 5.82 Å². The predicted molar refractivity (Wildman–Crippen MR) is 139 cm³/mol. The summed E-state index contributed by atoms with van der Waals surface area (Å²) in [6, 6.07) is 19.5. The number of fused-ring (bicyclic) bond motifs is 3. The van der Waals surface area contributed by atoms with Crippen LogP contribution in [0.15, 0.2) is 77.8 Å². The molecule has 1 unspecified atom stereocenters. The molecule has 36 heavy (non-hydrogen) atoms. The molecule has 0 aliphatic carbocycles. The van der Waals surface area contributed by atoms with Crippen LogP contribution in [0.2, 0.25) is 0 Å². The largest absolute Gasteiger partial charge is 0.350 e. The van der Waals surface area contributed by atoms with Gasteiger partial charge in [-0.25, -0.2) is 4.39 Å². The number of halogens is 1. The van der Waals surface area contributed by atoms with Crippen molar-refractivity contribution in [2.45, 2.75) is 24.5 Å². The van der Waals surface area contributed by atoms with Crippen molar-refractivity contribution in [3.63, 3.8) is 0 Å². The number of hydrogen-bond acceptors (Lipinski definition) is 4. The second-order valence-electron chi connectivity index (χ2n) is 8.70. The van der Waals surface area contributed by atoms with Gasteiger partial charge in [-0.3, -0.25) is 19.3 Å². The normalized spacial score (nSPS) is 15.5. The van der Waals surface area contributed by atoms with E-state index in [1.165, 1.54) is 35.7 Å². The minimum absolute atomic E-state index is 0.128. The first-order valence-electron chi connectivity index (χ1n) is 11.5. The van der Waals surface area contributed by atoms with Gasteiger partial charge in [0.25, 0.3) is 0 Å². The van der Waals surface area contributed by atoms with Gasteiger partial charge in [0.2, 0.25) is 11.8 Å². The maximum Gasteiger partial charge on any atom is 0.248 e. The third-order valence-corrected chi connectivity index (χ3v) is 7.54. The zero-order valence-electron chi connectivity index (χ0n) is 19.8. The monoisotopic (exact) mass is 501 g/mol. The molecule has 1 atom stereocenters. The van der Waals surface area contributed by atoms with Crippen LogP contribution in [0.3, 0.4) is 0 Å². The molecule has 2 amide bonds. The molecule has 0 spiro atoms. The van der Waals surface area contributed by atoms with Crippen LogP contribution in [-0.2, 0) is 23.2 Å². The predicted octanol–water partition coefficient (Wildman–Crippen LogP) is 5.02. The van der Waals surface area contributed by atoms with E-state index < -0.39 is 6.04 Å². The number of anilines is 1. The molecule has 1 N–H and O–H groups in total. The van der Waals surface area contributed by atoms with Crippen LogP contribution in [0.1, 0.15) is 34.5 Å². The Balaban J connectivity index is 1.65. The van der Waals surface area contributed by atoms with Crippen molar-refractivity contribution in [3.05, 3.63) is 95.3 Å². The zero-order chi connectivity index (χ0) is 25.4. The van der Waals surface area contributed by atoms with Gasteiger partial charge in [-0.15, -0.1) is 0 Å². The fourth-order valence-electron chi connectivity index (χ4n) is 4.61. The summed E-state index contributed by atoms with van der Waals surface area (Å²) in [5, 5.41) is 4.67. The fourth-order valence-corrected chi connectivity index (χ4v) is 5.68. The maximum atomic E-state index is 13.9. The third-order valence-electron chi connectivity index (χ3n) is 6.38. The maximum absolute atomic E-state index is 13.9. The van der Waals surface area contributed by atoms with Crippen molar-refractivity contribution in [1.82, 2.24) is 9.88 Å². The number of rotatable bonds is 5. The molecule has 1 aliphatic rings. The van der Waals surface area contributed by atoms with E-state index in [0.717, 1.165) is 27.1 Å². The number of carbonyl (C=O) groups excluding carboxylic acids is 3. The molecule has 0 radical (unpaired) electrons. The third kappa shape index (κ3) is 4.28. The average molecular weight is 502 g/mol. The van der Waals surface area contributed by atoms with Gasteiger partial charge in [-0.2, -0.15) is 0 Å². The van der Waals surface area contributed by atoms with Gasteiger partial charge in [0.1, 0.15) is 11.9 Å². The van der Waals surface area contributed by atoms with Crippen molar-refractivity contribution in [1.29, 1.82) is 0 Å². The Labute approximate surface area is 212 Å². The highest BCUT2D eigenvalue weighted by Gasteiger charge is 2.39. The topological polar surface area (TPSA) is 71.4 Å². The molecule has 1 aliphatic heterocycles. The lowest BCUT2D eigenvalue weighted by atomic mass is 10.0. The number of hydrogen-bond donors (Lipinski definition) is 1. The van der Waals surface area contributed by atoms with E-state index in [1.807, 2.05) is 35.9 Å². The molecule has 0 bridgehead atoms. The van der Waals surface area contributed by atoms with E-state index >= 15 is 0 Å². The summed E-state index contributed by atoms with van der Waals surface area (Å²) in [6.45, 7) is 1.65. The quantitative estimate of drug-likeness (QED) is 0.390. The first-order valence-corrected chi connectivity index (χ1v) is 12.5. The average Bonchev–Trinajstić information content (AvgIpc) is 3.05. The molecule has 0 saturated carbocycles. The lowest BCUT2D eigenvalue weighted by Gasteiger charge is -2.30. The van der Waals surface area contributed by atoms with E-state index in [1.54, 1.807) is 36.4 Å². The van der Waals surface area contributed by atoms with E-state index in [-0.39, 0.29) is 35.7 Å². The molecular formula is C28H24FN3O3S. The van der Waals surface area contributed by atoms with E-state index in [2.05, 4.69) is 5.32 Å². The molecule has 3 aromatic carbocycles. The molecule has 6 nitrogen and oxygen atoms in total. The zero-order valence-corrected chi connectivity index (χ0v) is 20.6. The summed E-state index contributed by atoms with van der Waals surface area (Å²) in [5.41, 5.74) is 3.38. The van der Waals surface area contributed by atoms with Crippen molar-refractivity contribution < 1.29 is 18.8 Å². The molecule has 0 saturated heterocycles. The Bertz CT molecular complexity index is 1500. The molecule has 4 aromatic rings. The lowest BCUT2D eigenvalue weighted by Crippen LogP contribution is -2.44. The van der Waals surface area contributed by atoms with Gasteiger partial charge >= 0.3 is 0 Å². The van der Waals surface area contributed by atoms with Gasteiger partial charge in [0, 0.05) is 41.3 Å². The second kappa shape index (κ2) is 9.62. The SMILES string of the molecule is CC(=O)c1cccc(N2C(=O)CSc3c(c4ccccc4n3C)C2C(=O)NCc2ccc(F)cc2)c1. The number of carbonyl (C=O) groups is 3. The first kappa shape index (κ1) is 23.8. The smallest absolute Gasteiger partial charge is 0.248 e. The second-order valence-corrected chi connectivity index (χ2v) is 9.66. The standard InChI is InChI=1S/C28H24FN3O3S/c1-17(33)19-6-5-7-21(14-19)32-24(34)16-36-28-25(22-8-3-4-9-23(22)31(28)2)26(32)27(35)30-15-18-10-12-20(29)13-11-18/h3-14,26H,15-16H2,1-2H3,(H,30,35). The molecule has 8 heteroatoms. The molecule has 1 aromatic heterocycles. The van der Waals surface area contributed by atoms with Crippen LogP contribution in [-0.4, -0.2) is 27.9 Å². The summed E-state index contributed by atoms with van der Waals surface area (Å²) >= 11 is 1.40. The lowest BCUT2D eigenvalue weighted by molar-refractivity contribution is -0.125. The van der Waals surface area contributed by atoms with E-state index in [9.17, 15) is 18.8 Å². The van der Waals surface area contributed by atoms with Crippen molar-refractivity contribution in [2.75, 3.05) is 10.7 Å². The number of para-hydroxylation sites is 1. The Morgan fingerprint density at radius 2 is 1.81 bits per heavy atom.